The third-order valence-corrected chi connectivity index (χ3v) is 4.28. The number of hydrogen-bond acceptors (Lipinski definition) is 4. The van der Waals surface area contributed by atoms with E-state index in [0.717, 1.165) is 25.7 Å². The summed E-state index contributed by atoms with van der Waals surface area (Å²) in [6.45, 7) is 6.39. The molecule has 25 heavy (non-hydrogen) atoms. The number of ether oxygens (including phenoxy) is 2. The molecule has 0 aromatic heterocycles. The normalized spacial score (nSPS) is 14.8. The third-order valence-electron chi connectivity index (χ3n) is 4.28. The minimum absolute atomic E-state index is 0.409. The van der Waals surface area contributed by atoms with Gasteiger partial charge in [-0.2, -0.15) is 0 Å². The Balaban J connectivity index is 2.62. The van der Waals surface area contributed by atoms with Gasteiger partial charge in [0.25, 0.3) is 0 Å². The first kappa shape index (κ1) is 20.9. The quantitative estimate of drug-likeness (QED) is 0.467. The molecule has 1 rings (SSSR count). The zero-order valence-electron chi connectivity index (χ0n) is 16.1. The van der Waals surface area contributed by atoms with Gasteiger partial charge in [-0.15, -0.1) is 0 Å². The van der Waals surface area contributed by atoms with Crippen LogP contribution in [0.2, 0.25) is 0 Å². The first-order valence-electron chi connectivity index (χ1n) is 8.74. The van der Waals surface area contributed by atoms with Crippen LogP contribution in [-0.2, 0) is 19.1 Å². The van der Waals surface area contributed by atoms with E-state index in [0.29, 0.717) is 24.0 Å². The van der Waals surface area contributed by atoms with E-state index in [9.17, 15) is 9.59 Å². The molecule has 4 nitrogen and oxygen atoms in total. The van der Waals surface area contributed by atoms with Crippen LogP contribution in [-0.4, -0.2) is 26.2 Å². The number of carbonyl (C=O) groups excluding carboxylic acids is 2. The summed E-state index contributed by atoms with van der Waals surface area (Å²) in [7, 11) is 2.66. The van der Waals surface area contributed by atoms with Crippen LogP contribution >= 0.6 is 0 Å². The standard InChI is InChI=1S/C21H30O4/c1-15(2)8-6-9-16(3)10-7-11-17-12-13-18(20(22)24-4)19(14-17)21(23)25-5/h8,10,12H,6-7,9,11,13-14H2,1-5H3/b16-10+. The van der Waals surface area contributed by atoms with Crippen molar-refractivity contribution in [1.29, 1.82) is 0 Å². The second-order valence-corrected chi connectivity index (χ2v) is 6.59. The molecule has 0 aromatic rings. The monoisotopic (exact) mass is 346 g/mol. The summed E-state index contributed by atoms with van der Waals surface area (Å²) in [6, 6.07) is 0. The third kappa shape index (κ3) is 7.12. The average Bonchev–Trinajstić information content (AvgIpc) is 2.59. The van der Waals surface area contributed by atoms with E-state index >= 15 is 0 Å². The van der Waals surface area contributed by atoms with Crippen molar-refractivity contribution in [1.82, 2.24) is 0 Å². The van der Waals surface area contributed by atoms with Crippen LogP contribution in [0, 0.1) is 0 Å². The summed E-state index contributed by atoms with van der Waals surface area (Å²) in [4.78, 5) is 23.8. The highest BCUT2D eigenvalue weighted by Crippen LogP contribution is 2.29. The van der Waals surface area contributed by atoms with E-state index in [4.69, 9.17) is 9.47 Å². The minimum Gasteiger partial charge on any atom is -0.466 e. The van der Waals surface area contributed by atoms with Crippen LogP contribution in [0.1, 0.15) is 59.3 Å². The SMILES string of the molecule is COC(=O)C1=C(C(=O)OC)CC(CC/C=C(\C)CCC=C(C)C)=CC1. The Hall–Kier alpha value is -2.10. The first-order valence-corrected chi connectivity index (χ1v) is 8.74. The second-order valence-electron chi connectivity index (χ2n) is 6.59. The van der Waals surface area contributed by atoms with E-state index < -0.39 is 11.9 Å². The molecule has 1 aliphatic rings. The van der Waals surface area contributed by atoms with E-state index in [1.807, 2.05) is 6.08 Å². The number of methoxy groups -OCH3 is 2. The van der Waals surface area contributed by atoms with Gasteiger partial charge in [0.2, 0.25) is 0 Å². The topological polar surface area (TPSA) is 52.6 Å². The highest BCUT2D eigenvalue weighted by Gasteiger charge is 2.25. The van der Waals surface area contributed by atoms with Crippen LogP contribution in [0.5, 0.6) is 0 Å². The average molecular weight is 346 g/mol. The van der Waals surface area contributed by atoms with Crippen molar-refractivity contribution in [3.05, 3.63) is 46.1 Å². The predicted octanol–water partition coefficient (Wildman–Crippen LogP) is 4.82. The molecule has 0 amide bonds. The van der Waals surface area contributed by atoms with Gasteiger partial charge < -0.3 is 9.47 Å². The number of esters is 2. The van der Waals surface area contributed by atoms with Crippen molar-refractivity contribution in [2.75, 3.05) is 14.2 Å². The number of carbonyl (C=O) groups is 2. The van der Waals surface area contributed by atoms with Crippen molar-refractivity contribution in [3.8, 4) is 0 Å². The molecule has 0 aliphatic heterocycles. The lowest BCUT2D eigenvalue weighted by molar-refractivity contribution is -0.139. The molecule has 0 fully saturated rings. The van der Waals surface area contributed by atoms with E-state index in [2.05, 4.69) is 32.9 Å². The van der Waals surface area contributed by atoms with Gasteiger partial charge >= 0.3 is 11.9 Å². The molecule has 138 valence electrons. The fourth-order valence-corrected chi connectivity index (χ4v) is 2.81. The molecule has 0 unspecified atom stereocenters. The Morgan fingerprint density at radius 3 is 2.24 bits per heavy atom. The summed E-state index contributed by atoms with van der Waals surface area (Å²) >= 11 is 0. The Morgan fingerprint density at radius 1 is 1.00 bits per heavy atom. The highest BCUT2D eigenvalue weighted by molar-refractivity contribution is 6.01. The van der Waals surface area contributed by atoms with Gasteiger partial charge in [0, 0.05) is 6.42 Å². The van der Waals surface area contributed by atoms with Gasteiger partial charge in [-0.3, -0.25) is 0 Å². The van der Waals surface area contributed by atoms with Gasteiger partial charge in [0.15, 0.2) is 0 Å². The van der Waals surface area contributed by atoms with Crippen molar-refractivity contribution in [2.45, 2.75) is 59.3 Å². The molecular formula is C21H30O4. The summed E-state index contributed by atoms with van der Waals surface area (Å²) in [6.07, 6.45) is 11.4. The fraction of sp³-hybridized carbons (Fsp3) is 0.524. The fourth-order valence-electron chi connectivity index (χ4n) is 2.81. The first-order chi connectivity index (χ1) is 11.9. The molecule has 0 N–H and O–H groups in total. The van der Waals surface area contributed by atoms with Crippen molar-refractivity contribution >= 4 is 11.9 Å². The molecule has 0 saturated carbocycles. The van der Waals surface area contributed by atoms with E-state index in [-0.39, 0.29) is 0 Å². The van der Waals surface area contributed by atoms with Crippen LogP contribution in [0.25, 0.3) is 0 Å². The molecule has 0 bridgehead atoms. The second kappa shape index (κ2) is 10.7. The maximum Gasteiger partial charge on any atom is 0.334 e. The van der Waals surface area contributed by atoms with Gasteiger partial charge in [-0.25, -0.2) is 9.59 Å². The maximum atomic E-state index is 12.0. The zero-order valence-corrected chi connectivity index (χ0v) is 16.1. The largest absolute Gasteiger partial charge is 0.466 e. The molecular weight excluding hydrogens is 316 g/mol. The Labute approximate surface area is 151 Å². The van der Waals surface area contributed by atoms with Gasteiger partial charge in [-0.05, 0) is 52.9 Å². The van der Waals surface area contributed by atoms with Gasteiger partial charge in [0.05, 0.1) is 25.4 Å². The van der Waals surface area contributed by atoms with Crippen molar-refractivity contribution in [3.63, 3.8) is 0 Å². The molecule has 0 atom stereocenters. The van der Waals surface area contributed by atoms with Gasteiger partial charge in [-0.1, -0.05) is 34.9 Å². The summed E-state index contributed by atoms with van der Waals surface area (Å²) in [5.41, 5.74) is 4.74. The number of rotatable bonds is 8. The summed E-state index contributed by atoms with van der Waals surface area (Å²) in [5.74, 6) is -0.898. The zero-order chi connectivity index (χ0) is 18.8. The van der Waals surface area contributed by atoms with Crippen LogP contribution in [0.15, 0.2) is 46.1 Å². The van der Waals surface area contributed by atoms with Crippen molar-refractivity contribution in [2.24, 2.45) is 0 Å². The van der Waals surface area contributed by atoms with Crippen LogP contribution in [0.3, 0.4) is 0 Å². The lowest BCUT2D eigenvalue weighted by Gasteiger charge is -2.18. The van der Waals surface area contributed by atoms with Crippen molar-refractivity contribution < 1.29 is 19.1 Å². The smallest absolute Gasteiger partial charge is 0.334 e. The lowest BCUT2D eigenvalue weighted by Crippen LogP contribution is -2.17. The molecule has 0 radical (unpaired) electrons. The molecule has 4 heteroatoms. The Kier molecular flexibility index (Phi) is 8.96. The lowest BCUT2D eigenvalue weighted by atomic mass is 9.89. The summed E-state index contributed by atoms with van der Waals surface area (Å²) < 4.78 is 9.59. The summed E-state index contributed by atoms with van der Waals surface area (Å²) in [5, 5.41) is 0. The maximum absolute atomic E-state index is 12.0. The Bertz CT molecular complexity index is 614. The molecule has 0 spiro atoms. The number of allylic oxidation sites excluding steroid dienone is 6. The highest BCUT2D eigenvalue weighted by atomic mass is 16.5. The predicted molar refractivity (Wildman–Crippen MR) is 100 cm³/mol. The minimum atomic E-state index is -0.453. The van der Waals surface area contributed by atoms with Crippen LogP contribution in [0.4, 0.5) is 0 Å². The Morgan fingerprint density at radius 2 is 1.64 bits per heavy atom. The van der Waals surface area contributed by atoms with Gasteiger partial charge in [0.1, 0.15) is 0 Å². The molecule has 0 saturated heterocycles. The van der Waals surface area contributed by atoms with E-state index in [1.165, 1.54) is 30.9 Å². The molecule has 1 aliphatic carbocycles. The van der Waals surface area contributed by atoms with Crippen LogP contribution < -0.4 is 0 Å². The van der Waals surface area contributed by atoms with E-state index in [1.54, 1.807) is 0 Å². The number of hydrogen-bond donors (Lipinski definition) is 0. The molecule has 0 heterocycles. The molecule has 0 aromatic carbocycles.